The van der Waals surface area contributed by atoms with Gasteiger partial charge in [0.2, 0.25) is 47.3 Å². The van der Waals surface area contributed by atoms with E-state index in [2.05, 4.69) is 72.8 Å². The number of thioether (sulfide) groups is 1. The number of aliphatic carboxylic acids is 4. The van der Waals surface area contributed by atoms with Gasteiger partial charge in [0, 0.05) is 155 Å². The predicted octanol–water partition coefficient (Wildman–Crippen LogP) is -5.67. The summed E-state index contributed by atoms with van der Waals surface area (Å²) in [5.74, 6) is -27.1. The number of anilines is 2. The van der Waals surface area contributed by atoms with Crippen LogP contribution in [-0.2, 0) is 78.5 Å². The van der Waals surface area contributed by atoms with Crippen LogP contribution in [0.3, 0.4) is 0 Å². The van der Waals surface area contributed by atoms with Crippen LogP contribution in [0.15, 0.2) is 113 Å². The number of nitrogens with two attached hydrogens (primary N) is 1. The maximum atomic E-state index is 15.3. The summed E-state index contributed by atoms with van der Waals surface area (Å²) in [6.45, 7) is -6.80. The van der Waals surface area contributed by atoms with Crippen molar-refractivity contribution in [1.29, 1.82) is 0 Å². The summed E-state index contributed by atoms with van der Waals surface area (Å²) in [6, 6.07) is 18.0. The maximum Gasteiger partial charge on any atom is 0.326 e. The number of rotatable bonds is 71. The number of carboxylic acids is 4. The van der Waals surface area contributed by atoms with E-state index in [1.165, 1.54) is 48.4 Å². The molecule has 3 aromatic heterocycles. The molecule has 1 aliphatic rings. The highest BCUT2D eigenvalue weighted by atomic mass is 33.1. The Labute approximate surface area is 856 Å². The van der Waals surface area contributed by atoms with Crippen LogP contribution in [0.5, 0.6) is 0 Å². The third kappa shape index (κ3) is 39.8. The van der Waals surface area contributed by atoms with Crippen LogP contribution in [0.4, 0.5) is 11.6 Å². The molecule has 6 aromatic rings. The number of nitrogens with one attached hydrogen (secondary N) is 10. The molecule has 148 heavy (non-hydrogen) atoms. The first-order valence-corrected chi connectivity index (χ1v) is 50.4. The van der Waals surface area contributed by atoms with E-state index in [-0.39, 0.29) is 58.8 Å². The molecule has 0 spiro atoms. The highest BCUT2D eigenvalue weighted by Crippen LogP contribution is 2.46. The van der Waals surface area contributed by atoms with Crippen molar-refractivity contribution in [3.63, 3.8) is 0 Å². The van der Waals surface area contributed by atoms with E-state index in [4.69, 9.17) is 5.73 Å². The number of Topliss-reactive ketones (excluding diaryl/α,β-unsaturated/α-hetero) is 4. The van der Waals surface area contributed by atoms with Crippen LogP contribution in [0.2, 0.25) is 0 Å². The molecule has 810 valence electrons. The lowest BCUT2D eigenvalue weighted by Gasteiger charge is -2.27. The normalized spacial score (nSPS) is 15.9. The minimum Gasteiger partial charge on any atom is -0.481 e. The number of benzene rings is 3. The number of aliphatic hydroxyl groups excluding tert-OH is 15. The number of nitrogens with zero attached hydrogens (tertiary/aromatic N) is 4. The third-order valence-corrected chi connectivity index (χ3v) is 27.5. The molecule has 31 N–H and O–H groups in total. The number of ketones is 4. The average Bonchev–Trinajstić information content (AvgIpc) is 1.61. The van der Waals surface area contributed by atoms with Gasteiger partial charge in [0.25, 0.3) is 11.5 Å². The van der Waals surface area contributed by atoms with Gasteiger partial charge < -0.3 is 151 Å². The molecule has 0 bridgehead atoms. The summed E-state index contributed by atoms with van der Waals surface area (Å²) in [5, 5.41) is 215. The van der Waals surface area contributed by atoms with Gasteiger partial charge in [-0.25, -0.2) is 19.7 Å². The molecule has 1 aliphatic carbocycles. The second-order valence-electron chi connectivity index (χ2n) is 35.1. The number of aromatic nitrogens is 5. The van der Waals surface area contributed by atoms with Crippen molar-refractivity contribution in [2.75, 3.05) is 74.3 Å². The van der Waals surface area contributed by atoms with Crippen LogP contribution in [-0.4, -0.2) is 377 Å². The molecule has 0 radical (unpaired) electrons. The minimum absolute atomic E-state index is 0.00262. The van der Waals surface area contributed by atoms with Crippen molar-refractivity contribution >= 4 is 150 Å². The molecule has 8 amide bonds. The standard InChI is InChI=1S/C94H125N15O36S3/c95-94-108-86-79(91(141)109-94)103-52(36-102-86)35-97-51-17-12-46(13-18-51)87(137)106-61(93(144)145)20-19-53(113)31-47(14-23-72(123)99-38-66(117)80(131)83(134)69(120)41-110)88(138)104-59(21-26-77(127)128)63(114)32-48(15-24-73(124)100-39-67(118)81(132)84(135)70(121)42-111)89(139)105-60(22-27-78(129)130)64(115)33-49(16-25-74(125)101-40-68(119)82(133)85(136)71(122)43-112)90(140)107-62(65(116)34-50(92(142)143)44-147-148-76-11-5-6-29-96-76)37-98-75(126)28-30-146-45-58-56-9-3-1-7-54(56)55-8-2-4-10-57(55)58/h1-13,17-18,29,36,47-50,58-62,66-71,80-85,97,110-112,117-122,131-136H,14-16,19-28,30-35,37-45H2,(H,98,126)(H,99,123)(H,100,124)(H,101,125)(H,104,138)(H,105,139)(H,106,137)(H,107,140)(H,127,128)(H,129,130)(H,142,143)(H,144,145)(H3,95,102,108,109,141)/t47-,48-,49-,50?,59+,60+,61+,62+,66+,67+,68+,69-,70-,71-,80-,81-,82-,83-,84-,85-/m1/s1. The number of fused-ring (bicyclic) bond motifs is 4. The average molecular weight is 2140 g/mol. The van der Waals surface area contributed by atoms with Crippen LogP contribution in [0, 0.1) is 23.7 Å². The van der Waals surface area contributed by atoms with Crippen molar-refractivity contribution < 1.29 is 174 Å². The lowest BCUT2D eigenvalue weighted by Crippen LogP contribution is -2.52. The molecule has 0 saturated carbocycles. The van der Waals surface area contributed by atoms with E-state index < -0.39 is 370 Å². The van der Waals surface area contributed by atoms with Gasteiger partial charge in [0.05, 0.1) is 74.6 Å². The smallest absolute Gasteiger partial charge is 0.326 e. The lowest BCUT2D eigenvalue weighted by atomic mass is 9.88. The Morgan fingerprint density at radius 3 is 1.30 bits per heavy atom. The zero-order chi connectivity index (χ0) is 109. The van der Waals surface area contributed by atoms with Crippen molar-refractivity contribution in [3.8, 4) is 11.1 Å². The molecule has 0 fully saturated rings. The summed E-state index contributed by atoms with van der Waals surface area (Å²) in [6.07, 6.45) is -37.4. The molecule has 0 saturated heterocycles. The number of pyridine rings is 1. The zero-order valence-corrected chi connectivity index (χ0v) is 82.2. The first-order valence-electron chi connectivity index (χ1n) is 46.9. The van der Waals surface area contributed by atoms with Crippen LogP contribution in [0.1, 0.15) is 142 Å². The maximum absolute atomic E-state index is 15.3. The number of hydrogen-bond donors (Lipinski definition) is 30. The van der Waals surface area contributed by atoms with E-state index in [9.17, 15) is 159 Å². The number of nitrogen functional groups attached to an aromatic ring is 1. The van der Waals surface area contributed by atoms with Crippen molar-refractivity contribution in [3.05, 3.63) is 136 Å². The summed E-state index contributed by atoms with van der Waals surface area (Å²) in [4.78, 5) is 255. The quantitative estimate of drug-likeness (QED) is 0.0125. The van der Waals surface area contributed by atoms with Gasteiger partial charge >= 0.3 is 23.9 Å². The van der Waals surface area contributed by atoms with Gasteiger partial charge in [-0.15, -0.1) is 0 Å². The molecular formula is C94H125N15O36S3. The van der Waals surface area contributed by atoms with Gasteiger partial charge in [0.1, 0.15) is 77.8 Å². The Morgan fingerprint density at radius 1 is 0.426 bits per heavy atom. The summed E-state index contributed by atoms with van der Waals surface area (Å²) in [5.41, 5.74) is 9.62. The highest BCUT2D eigenvalue weighted by Gasteiger charge is 2.40. The Balaban J connectivity index is 1.19. The third-order valence-electron chi connectivity index (χ3n) is 24.0. The number of H-pyrrole nitrogens is 1. The fraction of sp³-hybridized carbons (Fsp3) is 0.521. The monoisotopic (exact) mass is 2140 g/mol. The second-order valence-corrected chi connectivity index (χ2v) is 38.6. The lowest BCUT2D eigenvalue weighted by molar-refractivity contribution is -0.143. The number of amides is 8. The molecule has 1 unspecified atom stereocenters. The number of carboxylic acid groups (broad SMARTS) is 4. The first-order chi connectivity index (χ1) is 70.3. The fourth-order valence-corrected chi connectivity index (χ4v) is 18.7. The summed E-state index contributed by atoms with van der Waals surface area (Å²) < 4.78 is 0. The number of hydrogen-bond acceptors (Lipinski definition) is 41. The Morgan fingerprint density at radius 2 is 0.851 bits per heavy atom. The van der Waals surface area contributed by atoms with Crippen LogP contribution in [0.25, 0.3) is 22.3 Å². The number of aromatic amines is 1. The van der Waals surface area contributed by atoms with E-state index in [1.54, 1.807) is 18.2 Å². The van der Waals surface area contributed by atoms with E-state index in [0.29, 0.717) is 16.5 Å². The molecule has 20 atom stereocenters. The van der Waals surface area contributed by atoms with Gasteiger partial charge in [-0.2, -0.15) is 16.7 Å². The predicted molar refractivity (Wildman–Crippen MR) is 525 cm³/mol. The van der Waals surface area contributed by atoms with E-state index in [1.807, 2.05) is 48.5 Å². The van der Waals surface area contributed by atoms with Crippen LogP contribution >= 0.6 is 33.3 Å². The SMILES string of the molecule is Nc1nc2ncc(CNc3ccc(C(=O)N[C@@H](CCC(=O)C[C@@H](CCC(=O)NC[C@H](O)[C@@H](O)[C@H](O)[C@H](O)CO)C(=O)N[C@@H](CCC(=O)O)C(=O)C[C@@H](CCC(=O)NC[C@H](O)[C@@H](O)[C@H](O)[C@H](O)CO)C(=O)N[C@@H](CCC(=O)O)C(=O)C[C@@H](CCC(=O)NC[C@H](O)[C@@H](O)[C@H](O)[C@H](O)CO)C(=O)N[C@@H](CNC(=O)CCSCC4c5ccccc5-c5ccccc54)C(=O)CC(CSSc4ccccn4)C(=O)O)C(=O)O)cc3)nc2c(=O)[nH]1. The molecule has 3 heterocycles. The van der Waals surface area contributed by atoms with Gasteiger partial charge in [-0.05, 0) is 108 Å². The van der Waals surface area contributed by atoms with Crippen molar-refractivity contribution in [1.82, 2.24) is 67.5 Å². The first kappa shape index (κ1) is 122. The fourth-order valence-electron chi connectivity index (χ4n) is 15.4. The zero-order valence-electron chi connectivity index (χ0n) is 79.8. The second kappa shape index (κ2) is 62.0. The van der Waals surface area contributed by atoms with Crippen molar-refractivity contribution in [2.24, 2.45) is 23.7 Å². The van der Waals surface area contributed by atoms with Gasteiger partial charge in [0.15, 0.2) is 28.5 Å². The highest BCUT2D eigenvalue weighted by molar-refractivity contribution is 8.76. The van der Waals surface area contributed by atoms with E-state index >= 15 is 19.2 Å². The Hall–Kier alpha value is -12.6. The number of carbonyl (C=O) groups is 16. The summed E-state index contributed by atoms with van der Waals surface area (Å²) in [7, 11) is 2.06. The Bertz CT molecular complexity index is 5510. The molecule has 3 aromatic carbocycles. The van der Waals surface area contributed by atoms with Gasteiger partial charge in [-0.3, -0.25) is 81.7 Å². The molecular weight excluding hydrogens is 2010 g/mol. The number of carbonyl (C=O) groups excluding carboxylic acids is 12. The largest absolute Gasteiger partial charge is 0.481 e. The minimum atomic E-state index is -2.26. The van der Waals surface area contributed by atoms with Crippen LogP contribution < -0.4 is 59.1 Å². The van der Waals surface area contributed by atoms with Gasteiger partial charge in [-0.1, -0.05) is 65.4 Å². The molecule has 51 nitrogen and oxygen atoms in total. The van der Waals surface area contributed by atoms with Crippen molar-refractivity contribution in [2.45, 2.75) is 224 Å². The molecule has 7 rings (SSSR count). The molecule has 0 aliphatic heterocycles. The Kier molecular flexibility index (Phi) is 51.2. The summed E-state index contributed by atoms with van der Waals surface area (Å²) >= 11 is 1.43. The number of aliphatic hydroxyl groups is 15. The van der Waals surface area contributed by atoms with E-state index in [0.717, 1.165) is 43.8 Å². The molecule has 54 heteroatoms. The topological polar surface area (TPSA) is 876 Å².